The molecule has 2 heterocycles. The van der Waals surface area contributed by atoms with Gasteiger partial charge in [-0.15, -0.1) is 0 Å². The first-order valence-electron chi connectivity index (χ1n) is 7.37. The number of rotatable bonds is 1. The van der Waals surface area contributed by atoms with Crippen molar-refractivity contribution in [1.29, 1.82) is 0 Å². The van der Waals surface area contributed by atoms with Crippen LogP contribution < -0.4 is 5.32 Å². The van der Waals surface area contributed by atoms with E-state index in [0.717, 1.165) is 51.2 Å². The Kier molecular flexibility index (Phi) is 3.72. The number of hydrogen-bond acceptors (Lipinski definition) is 2. The first-order chi connectivity index (χ1) is 8.33. The zero-order chi connectivity index (χ0) is 13.4. The van der Waals surface area contributed by atoms with Crippen molar-refractivity contribution in [3.8, 4) is 0 Å². The van der Waals surface area contributed by atoms with Gasteiger partial charge in [-0.2, -0.15) is 0 Å². The molecule has 3 heteroatoms. The summed E-state index contributed by atoms with van der Waals surface area (Å²) in [5.74, 6) is 1.08. The maximum Gasteiger partial charge on any atom is 0.242 e. The van der Waals surface area contributed by atoms with E-state index < -0.39 is 0 Å². The van der Waals surface area contributed by atoms with Crippen molar-refractivity contribution in [2.24, 2.45) is 11.3 Å². The largest absolute Gasteiger partial charge is 0.341 e. The minimum atomic E-state index is -0.283. The first-order valence-corrected chi connectivity index (χ1v) is 7.37. The van der Waals surface area contributed by atoms with Gasteiger partial charge in [-0.1, -0.05) is 20.8 Å². The third-order valence-corrected chi connectivity index (χ3v) is 4.85. The highest BCUT2D eigenvalue weighted by Crippen LogP contribution is 2.35. The molecule has 0 aromatic carbocycles. The van der Waals surface area contributed by atoms with E-state index in [4.69, 9.17) is 0 Å². The summed E-state index contributed by atoms with van der Waals surface area (Å²) >= 11 is 0. The first kappa shape index (κ1) is 13.9. The van der Waals surface area contributed by atoms with Crippen LogP contribution in [-0.4, -0.2) is 36.0 Å². The van der Waals surface area contributed by atoms with Crippen molar-refractivity contribution < 1.29 is 4.79 Å². The number of carbonyl (C=O) groups is 1. The summed E-state index contributed by atoms with van der Waals surface area (Å²) in [5, 5.41) is 3.38. The molecule has 2 aliphatic heterocycles. The molecule has 0 aliphatic carbocycles. The zero-order valence-electron chi connectivity index (χ0n) is 12.4. The van der Waals surface area contributed by atoms with Gasteiger partial charge in [-0.25, -0.2) is 0 Å². The van der Waals surface area contributed by atoms with Gasteiger partial charge in [0.25, 0.3) is 0 Å². The van der Waals surface area contributed by atoms with Gasteiger partial charge >= 0.3 is 0 Å². The predicted molar refractivity (Wildman–Crippen MR) is 74.4 cm³/mol. The minimum Gasteiger partial charge on any atom is -0.341 e. The molecule has 0 aromatic rings. The molecular weight excluding hydrogens is 224 g/mol. The Balaban J connectivity index is 1.92. The molecule has 2 fully saturated rings. The van der Waals surface area contributed by atoms with E-state index in [1.54, 1.807) is 0 Å². The van der Waals surface area contributed by atoms with Gasteiger partial charge in [-0.3, -0.25) is 4.79 Å². The van der Waals surface area contributed by atoms with Crippen molar-refractivity contribution in [2.45, 2.75) is 58.9 Å². The van der Waals surface area contributed by atoms with E-state index in [2.05, 4.69) is 37.9 Å². The maximum atomic E-state index is 12.5. The number of nitrogens with zero attached hydrogens (tertiary/aromatic N) is 1. The van der Waals surface area contributed by atoms with Crippen LogP contribution in [0.5, 0.6) is 0 Å². The van der Waals surface area contributed by atoms with Crippen LogP contribution >= 0.6 is 0 Å². The molecule has 1 atom stereocenters. The Bertz CT molecular complexity index is 305. The van der Waals surface area contributed by atoms with Crippen LogP contribution in [0.2, 0.25) is 0 Å². The highest BCUT2D eigenvalue weighted by atomic mass is 16.2. The highest BCUT2D eigenvalue weighted by molar-refractivity contribution is 5.86. The number of piperidine rings is 1. The smallest absolute Gasteiger partial charge is 0.242 e. The molecule has 1 unspecified atom stereocenters. The monoisotopic (exact) mass is 252 g/mol. The average Bonchev–Trinajstić information content (AvgIpc) is 2.75. The molecule has 2 aliphatic rings. The van der Waals surface area contributed by atoms with Crippen molar-refractivity contribution in [1.82, 2.24) is 10.2 Å². The number of amides is 1. The lowest BCUT2D eigenvalue weighted by Crippen LogP contribution is -2.55. The van der Waals surface area contributed by atoms with Crippen LogP contribution in [0.15, 0.2) is 0 Å². The molecule has 0 bridgehead atoms. The summed E-state index contributed by atoms with van der Waals surface area (Å²) in [6, 6.07) is 0. The topological polar surface area (TPSA) is 32.3 Å². The van der Waals surface area contributed by atoms with Gasteiger partial charge in [0.15, 0.2) is 0 Å². The fourth-order valence-corrected chi connectivity index (χ4v) is 3.37. The fourth-order valence-electron chi connectivity index (χ4n) is 3.37. The highest BCUT2D eigenvalue weighted by Gasteiger charge is 2.40. The summed E-state index contributed by atoms with van der Waals surface area (Å²) in [4.78, 5) is 14.6. The maximum absolute atomic E-state index is 12.5. The molecule has 0 saturated carbocycles. The van der Waals surface area contributed by atoms with Crippen LogP contribution in [0.25, 0.3) is 0 Å². The van der Waals surface area contributed by atoms with Gasteiger partial charge in [0, 0.05) is 13.1 Å². The van der Waals surface area contributed by atoms with Crippen molar-refractivity contribution in [2.75, 3.05) is 19.6 Å². The van der Waals surface area contributed by atoms with E-state index in [1.165, 1.54) is 0 Å². The molecule has 2 saturated heterocycles. The molecule has 104 valence electrons. The minimum absolute atomic E-state index is 0.283. The quantitative estimate of drug-likeness (QED) is 0.777. The fraction of sp³-hybridized carbons (Fsp3) is 0.933. The Morgan fingerprint density at radius 3 is 2.33 bits per heavy atom. The number of nitrogens with one attached hydrogen (secondary N) is 1. The van der Waals surface area contributed by atoms with Crippen LogP contribution in [0.1, 0.15) is 53.4 Å². The lowest BCUT2D eigenvalue weighted by molar-refractivity contribution is -0.139. The van der Waals surface area contributed by atoms with E-state index in [1.807, 2.05) is 0 Å². The Hall–Kier alpha value is -0.570. The normalized spacial score (nSPS) is 30.8. The van der Waals surface area contributed by atoms with Crippen LogP contribution in [0.4, 0.5) is 0 Å². The molecule has 0 radical (unpaired) electrons. The summed E-state index contributed by atoms with van der Waals surface area (Å²) in [6.07, 6.45) is 4.43. The average molecular weight is 252 g/mol. The molecule has 0 aromatic heterocycles. The Labute approximate surface area is 111 Å². The summed E-state index contributed by atoms with van der Waals surface area (Å²) in [7, 11) is 0. The molecule has 18 heavy (non-hydrogen) atoms. The van der Waals surface area contributed by atoms with E-state index in [0.29, 0.717) is 11.3 Å². The molecule has 3 nitrogen and oxygen atoms in total. The summed E-state index contributed by atoms with van der Waals surface area (Å²) < 4.78 is 0. The van der Waals surface area contributed by atoms with E-state index in [9.17, 15) is 4.79 Å². The lowest BCUT2D eigenvalue weighted by Gasteiger charge is -2.41. The van der Waals surface area contributed by atoms with Gasteiger partial charge < -0.3 is 10.2 Å². The van der Waals surface area contributed by atoms with Crippen LogP contribution in [0.3, 0.4) is 0 Å². The second-order valence-electron chi connectivity index (χ2n) is 7.29. The summed E-state index contributed by atoms with van der Waals surface area (Å²) in [5.41, 5.74) is 0.0964. The van der Waals surface area contributed by atoms with Crippen molar-refractivity contribution >= 4 is 5.91 Å². The lowest BCUT2D eigenvalue weighted by atomic mass is 9.75. The van der Waals surface area contributed by atoms with Crippen molar-refractivity contribution in [3.05, 3.63) is 0 Å². The molecule has 0 spiro atoms. The second-order valence-corrected chi connectivity index (χ2v) is 7.29. The van der Waals surface area contributed by atoms with Crippen LogP contribution in [0, 0.1) is 11.3 Å². The van der Waals surface area contributed by atoms with Gasteiger partial charge in [0.2, 0.25) is 5.91 Å². The SMILES string of the molecule is CC1(C(=O)N2CCC(C(C)(C)C)CC2)CCCN1. The second kappa shape index (κ2) is 4.84. The zero-order valence-corrected chi connectivity index (χ0v) is 12.4. The third-order valence-electron chi connectivity index (χ3n) is 4.85. The Morgan fingerprint density at radius 2 is 1.89 bits per heavy atom. The number of hydrogen-bond donors (Lipinski definition) is 1. The van der Waals surface area contributed by atoms with Gasteiger partial charge in [0.1, 0.15) is 0 Å². The number of likely N-dealkylation sites (tertiary alicyclic amines) is 1. The molecule has 1 amide bonds. The molecule has 2 rings (SSSR count). The Morgan fingerprint density at radius 1 is 1.28 bits per heavy atom. The standard InChI is InChI=1S/C15H28N2O/c1-14(2,3)12-6-10-17(11-7-12)13(18)15(4)8-5-9-16-15/h12,16H,5-11H2,1-4H3. The van der Waals surface area contributed by atoms with E-state index in [-0.39, 0.29) is 5.54 Å². The number of carbonyl (C=O) groups excluding carboxylic acids is 1. The molecule has 1 N–H and O–H groups in total. The van der Waals surface area contributed by atoms with Gasteiger partial charge in [0.05, 0.1) is 5.54 Å². The summed E-state index contributed by atoms with van der Waals surface area (Å²) in [6.45, 7) is 11.9. The van der Waals surface area contributed by atoms with Crippen molar-refractivity contribution in [3.63, 3.8) is 0 Å². The predicted octanol–water partition coefficient (Wildman–Crippen LogP) is 2.41. The van der Waals surface area contributed by atoms with Crippen LogP contribution in [-0.2, 0) is 4.79 Å². The molecular formula is C15H28N2O. The van der Waals surface area contributed by atoms with Gasteiger partial charge in [-0.05, 0) is 50.5 Å². The van der Waals surface area contributed by atoms with E-state index >= 15 is 0 Å². The third kappa shape index (κ3) is 2.71.